The predicted molar refractivity (Wildman–Crippen MR) is 198 cm³/mol. The number of hydrogen-bond donors (Lipinski definition) is 5. The Kier molecular flexibility index (Phi) is 10.5. The van der Waals surface area contributed by atoms with Crippen molar-refractivity contribution in [2.75, 3.05) is 6.61 Å². The Balaban J connectivity index is 1.11. The Morgan fingerprint density at radius 2 is 1.51 bits per heavy atom. The summed E-state index contributed by atoms with van der Waals surface area (Å²) in [5.41, 5.74) is 1.96. The number of hydrogen-bond acceptors (Lipinski definition) is 10. The molecule has 0 radical (unpaired) electrons. The average molecular weight is 747 g/mol. The van der Waals surface area contributed by atoms with Crippen LogP contribution < -0.4 is 0 Å². The zero-order chi connectivity index (χ0) is 38.6. The van der Waals surface area contributed by atoms with Gasteiger partial charge in [-0.15, -0.1) is 0 Å². The lowest BCUT2D eigenvalue weighted by molar-refractivity contribution is -0.366. The second-order valence-corrected chi connectivity index (χ2v) is 20.4. The molecule has 302 valence electrons. The van der Waals surface area contributed by atoms with Gasteiger partial charge in [0.2, 0.25) is 0 Å². The van der Waals surface area contributed by atoms with E-state index in [4.69, 9.17) is 18.9 Å². The summed E-state index contributed by atoms with van der Waals surface area (Å²) in [7, 11) is 0. The molecule has 10 nitrogen and oxygen atoms in total. The fourth-order valence-corrected chi connectivity index (χ4v) is 13.7. The maximum atomic E-state index is 13.5. The van der Waals surface area contributed by atoms with Gasteiger partial charge in [-0.25, -0.2) is 0 Å². The number of rotatable bonds is 6. The van der Waals surface area contributed by atoms with E-state index in [1.54, 1.807) is 5.57 Å². The van der Waals surface area contributed by atoms with E-state index in [1.165, 1.54) is 0 Å². The summed E-state index contributed by atoms with van der Waals surface area (Å²) in [5, 5.41) is 52.3. The second-order valence-electron chi connectivity index (χ2n) is 20.4. The van der Waals surface area contributed by atoms with Crippen LogP contribution in [0.4, 0.5) is 0 Å². The van der Waals surface area contributed by atoms with E-state index in [1.807, 2.05) is 20.8 Å². The summed E-state index contributed by atoms with van der Waals surface area (Å²) in [6, 6.07) is 0. The van der Waals surface area contributed by atoms with Crippen LogP contribution in [0.5, 0.6) is 0 Å². The van der Waals surface area contributed by atoms with Crippen LogP contribution in [0.15, 0.2) is 11.6 Å². The molecule has 0 aromatic carbocycles. The monoisotopic (exact) mass is 746 g/mol. The highest BCUT2D eigenvalue weighted by molar-refractivity contribution is 5.84. The minimum Gasteiger partial charge on any atom is -0.394 e. The number of fused-ring (bicyclic) bond motifs is 7. The summed E-state index contributed by atoms with van der Waals surface area (Å²) < 4.78 is 25.2. The highest BCUT2D eigenvalue weighted by atomic mass is 16.8. The number of Topliss-reactive ketones (excluding diaryl/α,β-unsaturated/α-hetero) is 1. The number of ether oxygens (including phenoxy) is 4. The van der Waals surface area contributed by atoms with E-state index in [9.17, 15) is 30.3 Å². The normalized spacial score (nSPS) is 55.1. The van der Waals surface area contributed by atoms with E-state index in [2.05, 4.69) is 47.6 Å². The Morgan fingerprint density at radius 1 is 0.811 bits per heavy atom. The molecule has 9 unspecified atom stereocenters. The Morgan fingerprint density at radius 3 is 2.19 bits per heavy atom. The molecule has 19 atom stereocenters. The minimum atomic E-state index is -1.57. The van der Waals surface area contributed by atoms with E-state index in [0.717, 1.165) is 64.2 Å². The molecular weight excluding hydrogens is 676 g/mol. The third-order valence-corrected chi connectivity index (χ3v) is 17.5. The molecule has 6 fully saturated rings. The summed E-state index contributed by atoms with van der Waals surface area (Å²) in [4.78, 5) is 13.5. The van der Waals surface area contributed by atoms with Gasteiger partial charge in [0, 0.05) is 11.3 Å². The average Bonchev–Trinajstić information content (AvgIpc) is 3.10. The summed E-state index contributed by atoms with van der Waals surface area (Å²) in [5.74, 6) is 1.49. The summed E-state index contributed by atoms with van der Waals surface area (Å²) >= 11 is 0. The number of ketones is 1. The number of aliphatic hydroxyl groups is 5. The Bertz CT molecular complexity index is 1410. The molecule has 0 aromatic heterocycles. The van der Waals surface area contributed by atoms with Gasteiger partial charge in [0.15, 0.2) is 12.6 Å². The van der Waals surface area contributed by atoms with Gasteiger partial charge in [0.25, 0.3) is 0 Å². The van der Waals surface area contributed by atoms with E-state index < -0.39 is 67.8 Å². The predicted octanol–water partition coefficient (Wildman–Crippen LogP) is 5.30. The third-order valence-electron chi connectivity index (χ3n) is 17.5. The number of allylic oxidation sites excluding steroid dienone is 2. The molecule has 5 aliphatic carbocycles. The minimum absolute atomic E-state index is 0.0650. The molecule has 2 aliphatic heterocycles. The van der Waals surface area contributed by atoms with Gasteiger partial charge >= 0.3 is 0 Å². The van der Waals surface area contributed by atoms with Gasteiger partial charge in [-0.1, -0.05) is 60.1 Å². The van der Waals surface area contributed by atoms with Crippen LogP contribution in [-0.4, -0.2) is 99.3 Å². The molecule has 0 bridgehead atoms. The van der Waals surface area contributed by atoms with Crippen LogP contribution in [0.2, 0.25) is 0 Å². The van der Waals surface area contributed by atoms with Crippen molar-refractivity contribution in [1.82, 2.24) is 0 Å². The van der Waals surface area contributed by atoms with Gasteiger partial charge in [-0.05, 0) is 123 Å². The van der Waals surface area contributed by atoms with E-state index in [-0.39, 0.29) is 39.1 Å². The molecule has 7 aliphatic rings. The zero-order valence-corrected chi connectivity index (χ0v) is 33.8. The fourth-order valence-electron chi connectivity index (χ4n) is 13.7. The maximum Gasteiger partial charge on any atom is 0.187 e. The lowest BCUT2D eigenvalue weighted by Gasteiger charge is -2.70. The van der Waals surface area contributed by atoms with E-state index in [0.29, 0.717) is 23.5 Å². The quantitative estimate of drug-likeness (QED) is 0.179. The van der Waals surface area contributed by atoms with Crippen LogP contribution in [0.3, 0.4) is 0 Å². The van der Waals surface area contributed by atoms with Crippen LogP contribution in [0.1, 0.15) is 127 Å². The van der Waals surface area contributed by atoms with Crippen molar-refractivity contribution in [2.45, 2.75) is 188 Å². The summed E-state index contributed by atoms with van der Waals surface area (Å²) in [6.07, 6.45) is 2.87. The zero-order valence-electron chi connectivity index (χ0n) is 33.8. The van der Waals surface area contributed by atoms with Crippen molar-refractivity contribution in [2.24, 2.45) is 56.7 Å². The summed E-state index contributed by atoms with van der Waals surface area (Å²) in [6.45, 7) is 19.8. The molecule has 0 spiro atoms. The molecule has 0 amide bonds. The van der Waals surface area contributed by atoms with Gasteiger partial charge in [-0.2, -0.15) is 0 Å². The SMILES string of the molecule is CC(=O)[C@]12CCC(C)(C)CC1C1=CCC3C4(C)CC[C@H](O[C@@H]5OC(C)[C@@H](O)[C@H](C)C5O[C@@H]5OC(CO)[C@H](O)[C@H](O)C5O)C(C)[C@@H]4CC[C@@]3(C)C1(C)CC2. The molecule has 53 heavy (non-hydrogen) atoms. The molecule has 2 heterocycles. The first kappa shape index (κ1) is 40.3. The van der Waals surface area contributed by atoms with Crippen molar-refractivity contribution >= 4 is 5.78 Å². The number of carbonyl (C=O) groups is 1. The van der Waals surface area contributed by atoms with Crippen LogP contribution in [0.25, 0.3) is 0 Å². The largest absolute Gasteiger partial charge is 0.394 e. The third kappa shape index (κ3) is 6.09. The molecule has 2 saturated heterocycles. The van der Waals surface area contributed by atoms with Crippen molar-refractivity contribution in [3.8, 4) is 0 Å². The van der Waals surface area contributed by atoms with Gasteiger partial charge < -0.3 is 44.5 Å². The lowest BCUT2D eigenvalue weighted by atomic mass is 9.34. The number of aliphatic hydroxyl groups excluding tert-OH is 5. The van der Waals surface area contributed by atoms with Gasteiger partial charge in [-0.3, -0.25) is 4.79 Å². The lowest BCUT2D eigenvalue weighted by Crippen LogP contribution is -2.64. The standard InChI is InChI=1S/C43H70O10/c1-22-26-12-15-42(9)31(11-10-27-28-20-39(5,6)16-18-43(28,25(4)45)19-17-41(27,42)8)40(26,7)14-13-29(22)51-38-36(23(2)32(46)24(3)50-38)53-37-35(49)34(48)33(47)30(21-44)52-37/h10,22-24,26,28-38,44,46-49H,11-21H2,1-9H3/t22?,23-,24?,26-,28?,29-,30?,31?,32-,33-,34-,35?,36?,37-,38-,40?,41?,42+,43+/m0/s1. The smallest absolute Gasteiger partial charge is 0.187 e. The first-order chi connectivity index (χ1) is 24.7. The number of carbonyl (C=O) groups excluding carboxylic acids is 1. The Hall–Kier alpha value is -0.950. The first-order valence-corrected chi connectivity index (χ1v) is 20.9. The highest BCUT2D eigenvalue weighted by Gasteiger charge is 2.68. The maximum absolute atomic E-state index is 13.5. The van der Waals surface area contributed by atoms with Crippen molar-refractivity contribution in [3.63, 3.8) is 0 Å². The Labute approximate surface area is 317 Å². The highest BCUT2D eigenvalue weighted by Crippen LogP contribution is 2.75. The molecule has 5 N–H and O–H groups in total. The fraction of sp³-hybridized carbons (Fsp3) is 0.930. The van der Waals surface area contributed by atoms with Crippen molar-refractivity contribution in [3.05, 3.63) is 11.6 Å². The molecular formula is C43H70O10. The molecule has 0 aromatic rings. The van der Waals surface area contributed by atoms with Gasteiger partial charge in [0.05, 0.1) is 24.9 Å². The van der Waals surface area contributed by atoms with Crippen LogP contribution >= 0.6 is 0 Å². The second kappa shape index (κ2) is 13.9. The van der Waals surface area contributed by atoms with Crippen molar-refractivity contribution in [1.29, 1.82) is 0 Å². The molecule has 10 heteroatoms. The van der Waals surface area contributed by atoms with Crippen molar-refractivity contribution < 1.29 is 49.3 Å². The first-order valence-electron chi connectivity index (χ1n) is 20.9. The van der Waals surface area contributed by atoms with E-state index >= 15 is 0 Å². The molecule has 7 rings (SSSR count). The van der Waals surface area contributed by atoms with Gasteiger partial charge in [0.1, 0.15) is 36.3 Å². The van der Waals surface area contributed by atoms with Crippen LogP contribution in [-0.2, 0) is 23.7 Å². The molecule has 4 saturated carbocycles. The van der Waals surface area contributed by atoms with Crippen LogP contribution in [0, 0.1) is 56.7 Å². The topological polar surface area (TPSA) is 155 Å².